The molecule has 0 atom stereocenters. The minimum absolute atomic E-state index is 0.376. The number of nitrogens with zero attached hydrogens (tertiary/aromatic N) is 1. The van der Waals surface area contributed by atoms with Crippen LogP contribution in [0.3, 0.4) is 0 Å². The first-order valence-corrected chi connectivity index (χ1v) is 10.3. The van der Waals surface area contributed by atoms with Gasteiger partial charge >= 0.3 is 5.97 Å². The second-order valence-corrected chi connectivity index (χ2v) is 7.95. The van der Waals surface area contributed by atoms with Crippen molar-refractivity contribution in [2.45, 2.75) is 20.3 Å². The number of pyridine rings is 1. The number of ether oxygens (including phenoxy) is 1. The molecule has 3 aromatic rings. The summed E-state index contributed by atoms with van der Waals surface area (Å²) in [5.74, 6) is -0.945. The summed E-state index contributed by atoms with van der Waals surface area (Å²) in [6, 6.07) is 12.8. The zero-order valence-corrected chi connectivity index (χ0v) is 18.6. The number of carbonyl (C=O) groups is 2. The summed E-state index contributed by atoms with van der Waals surface area (Å²) >= 11 is 6.74. The summed E-state index contributed by atoms with van der Waals surface area (Å²) in [7, 11) is 0. The van der Waals surface area contributed by atoms with Crippen molar-refractivity contribution in [2.24, 2.45) is 0 Å². The van der Waals surface area contributed by atoms with Crippen molar-refractivity contribution in [1.29, 1.82) is 0 Å². The summed E-state index contributed by atoms with van der Waals surface area (Å²) in [6.07, 6.45) is 0.703. The third-order valence-electron chi connectivity index (χ3n) is 4.32. The summed E-state index contributed by atoms with van der Waals surface area (Å²) in [4.78, 5) is 29.6. The number of para-hydroxylation sites is 1. The second kappa shape index (κ2) is 8.84. The molecule has 1 heterocycles. The van der Waals surface area contributed by atoms with Crippen LogP contribution in [0.2, 0.25) is 0 Å². The Bertz CT molecular complexity index is 1070. The number of anilines is 1. The van der Waals surface area contributed by atoms with Crippen LogP contribution in [0.5, 0.6) is 0 Å². The smallest absolute Gasteiger partial charge is 0.339 e. The van der Waals surface area contributed by atoms with Gasteiger partial charge in [-0.1, -0.05) is 41.1 Å². The molecule has 0 spiro atoms. The fraction of sp³-hybridized carbons (Fsp3) is 0.190. The van der Waals surface area contributed by atoms with Crippen LogP contribution < -0.4 is 5.32 Å². The number of rotatable bonds is 5. The highest BCUT2D eigenvalue weighted by molar-refractivity contribution is 9.11. The van der Waals surface area contributed by atoms with E-state index in [-0.39, 0.29) is 6.61 Å². The average Bonchev–Trinajstić information content (AvgIpc) is 2.68. The van der Waals surface area contributed by atoms with E-state index in [4.69, 9.17) is 4.74 Å². The Balaban J connectivity index is 1.78. The third kappa shape index (κ3) is 4.42. The van der Waals surface area contributed by atoms with Gasteiger partial charge in [0.1, 0.15) is 0 Å². The molecular weight excluding hydrogens is 488 g/mol. The molecule has 0 fully saturated rings. The molecule has 0 bridgehead atoms. The highest BCUT2D eigenvalue weighted by Gasteiger charge is 2.19. The van der Waals surface area contributed by atoms with E-state index in [0.717, 1.165) is 31.1 Å². The first kappa shape index (κ1) is 20.5. The van der Waals surface area contributed by atoms with Crippen molar-refractivity contribution in [3.05, 3.63) is 68.2 Å². The second-order valence-electron chi connectivity index (χ2n) is 6.18. The monoisotopic (exact) mass is 504 g/mol. The van der Waals surface area contributed by atoms with Crippen LogP contribution in [0.25, 0.3) is 10.9 Å². The van der Waals surface area contributed by atoms with Gasteiger partial charge in [-0.2, -0.15) is 0 Å². The molecule has 1 amide bonds. The molecule has 0 aliphatic heterocycles. The molecule has 0 saturated heterocycles. The molecule has 0 aliphatic carbocycles. The minimum Gasteiger partial charge on any atom is -0.452 e. The number of halogens is 2. The first-order chi connectivity index (χ1) is 13.4. The van der Waals surface area contributed by atoms with Gasteiger partial charge in [-0.15, -0.1) is 0 Å². The van der Waals surface area contributed by atoms with Gasteiger partial charge in [0.2, 0.25) is 0 Å². The Morgan fingerprint density at radius 2 is 1.89 bits per heavy atom. The molecule has 1 N–H and O–H groups in total. The lowest BCUT2D eigenvalue weighted by Crippen LogP contribution is -2.22. The summed E-state index contributed by atoms with van der Waals surface area (Å²) < 4.78 is 6.92. The largest absolute Gasteiger partial charge is 0.452 e. The SMILES string of the molecule is CCc1nc2ccccc2c(C(=O)OCC(=O)Nc2ccc(Br)cc2Br)c1C. The number of aromatic nitrogens is 1. The van der Waals surface area contributed by atoms with Crippen LogP contribution in [-0.4, -0.2) is 23.5 Å². The lowest BCUT2D eigenvalue weighted by atomic mass is 10.0. The normalized spacial score (nSPS) is 10.7. The van der Waals surface area contributed by atoms with E-state index in [1.165, 1.54) is 0 Å². The summed E-state index contributed by atoms with van der Waals surface area (Å²) in [5, 5.41) is 3.44. The fourth-order valence-corrected chi connectivity index (χ4v) is 4.09. The molecule has 3 rings (SSSR count). The number of nitrogens with one attached hydrogen (secondary N) is 1. The quantitative estimate of drug-likeness (QED) is 0.469. The van der Waals surface area contributed by atoms with Gasteiger partial charge in [0.25, 0.3) is 5.91 Å². The zero-order valence-electron chi connectivity index (χ0n) is 15.4. The molecule has 7 heteroatoms. The molecule has 0 radical (unpaired) electrons. The Morgan fingerprint density at radius 3 is 2.61 bits per heavy atom. The number of hydrogen-bond acceptors (Lipinski definition) is 4. The van der Waals surface area contributed by atoms with Crippen molar-refractivity contribution in [2.75, 3.05) is 11.9 Å². The molecule has 0 unspecified atom stereocenters. The Kier molecular flexibility index (Phi) is 6.46. The van der Waals surface area contributed by atoms with Crippen LogP contribution in [-0.2, 0) is 16.0 Å². The maximum atomic E-state index is 12.8. The lowest BCUT2D eigenvalue weighted by Gasteiger charge is -2.13. The molecule has 5 nitrogen and oxygen atoms in total. The first-order valence-electron chi connectivity index (χ1n) is 8.71. The van der Waals surface area contributed by atoms with Gasteiger partial charge in [0, 0.05) is 20.0 Å². The fourth-order valence-electron chi connectivity index (χ4n) is 2.95. The van der Waals surface area contributed by atoms with Gasteiger partial charge < -0.3 is 10.1 Å². The predicted molar refractivity (Wildman–Crippen MR) is 117 cm³/mol. The number of fused-ring (bicyclic) bond motifs is 1. The van der Waals surface area contributed by atoms with Crippen LogP contribution >= 0.6 is 31.9 Å². The number of amides is 1. The van der Waals surface area contributed by atoms with E-state index >= 15 is 0 Å². The van der Waals surface area contributed by atoms with Gasteiger partial charge in [0.15, 0.2) is 6.61 Å². The van der Waals surface area contributed by atoms with Crippen molar-refractivity contribution >= 4 is 60.3 Å². The van der Waals surface area contributed by atoms with Crippen LogP contribution in [0.4, 0.5) is 5.69 Å². The van der Waals surface area contributed by atoms with Crippen LogP contribution in [0, 0.1) is 6.92 Å². The Labute approximate surface area is 179 Å². The van der Waals surface area contributed by atoms with Crippen molar-refractivity contribution in [3.63, 3.8) is 0 Å². The number of carbonyl (C=O) groups excluding carboxylic acids is 2. The number of aryl methyl sites for hydroxylation is 1. The van der Waals surface area contributed by atoms with Crippen molar-refractivity contribution in [3.8, 4) is 0 Å². The number of hydrogen-bond donors (Lipinski definition) is 1. The Morgan fingerprint density at radius 1 is 1.14 bits per heavy atom. The maximum absolute atomic E-state index is 12.8. The third-order valence-corrected chi connectivity index (χ3v) is 5.46. The van der Waals surface area contributed by atoms with E-state index in [1.54, 1.807) is 6.07 Å². The molecule has 2 aromatic carbocycles. The minimum atomic E-state index is -0.532. The van der Waals surface area contributed by atoms with Crippen molar-refractivity contribution < 1.29 is 14.3 Å². The number of esters is 1. The van der Waals surface area contributed by atoms with E-state index in [9.17, 15) is 9.59 Å². The standard InChI is InChI=1S/C21H18Br2N2O3/c1-3-16-12(2)20(14-6-4-5-7-17(14)24-16)21(27)28-11-19(26)25-18-9-8-13(22)10-15(18)23/h4-10H,3,11H2,1-2H3,(H,25,26). The van der Waals surface area contributed by atoms with E-state index < -0.39 is 11.9 Å². The molecule has 28 heavy (non-hydrogen) atoms. The van der Waals surface area contributed by atoms with Gasteiger partial charge in [-0.25, -0.2) is 4.79 Å². The van der Waals surface area contributed by atoms with Crippen LogP contribution in [0.15, 0.2) is 51.4 Å². The molecule has 0 aliphatic rings. The molecule has 1 aromatic heterocycles. The summed E-state index contributed by atoms with van der Waals surface area (Å²) in [6.45, 7) is 3.47. The molecule has 0 saturated carbocycles. The highest BCUT2D eigenvalue weighted by Crippen LogP contribution is 2.26. The Hall–Kier alpha value is -2.25. The lowest BCUT2D eigenvalue weighted by molar-refractivity contribution is -0.119. The van der Waals surface area contributed by atoms with Gasteiger partial charge in [0.05, 0.1) is 16.8 Å². The summed E-state index contributed by atoms with van der Waals surface area (Å²) in [5.41, 5.74) is 3.42. The van der Waals surface area contributed by atoms with Gasteiger partial charge in [-0.05, 0) is 59.1 Å². The van der Waals surface area contributed by atoms with E-state index in [0.29, 0.717) is 17.7 Å². The maximum Gasteiger partial charge on any atom is 0.339 e. The van der Waals surface area contributed by atoms with E-state index in [2.05, 4.69) is 42.2 Å². The molecular formula is C21H18Br2N2O3. The topological polar surface area (TPSA) is 68.3 Å². The van der Waals surface area contributed by atoms with Crippen molar-refractivity contribution in [1.82, 2.24) is 4.98 Å². The van der Waals surface area contributed by atoms with Crippen LogP contribution in [0.1, 0.15) is 28.5 Å². The van der Waals surface area contributed by atoms with E-state index in [1.807, 2.05) is 50.2 Å². The van der Waals surface area contributed by atoms with Gasteiger partial charge in [-0.3, -0.25) is 9.78 Å². The number of benzene rings is 2. The highest BCUT2D eigenvalue weighted by atomic mass is 79.9. The average molecular weight is 506 g/mol. The zero-order chi connectivity index (χ0) is 20.3. The molecule has 144 valence electrons. The predicted octanol–water partition coefficient (Wildman–Crippen LogP) is 5.43.